The van der Waals surface area contributed by atoms with Crippen molar-refractivity contribution < 1.29 is 0 Å². The minimum atomic E-state index is 0.495. The van der Waals surface area contributed by atoms with Crippen LogP contribution in [0.25, 0.3) is 0 Å². The van der Waals surface area contributed by atoms with Crippen LogP contribution in [0.15, 0.2) is 28.4 Å². The molecule has 0 aromatic carbocycles. The first-order valence-corrected chi connectivity index (χ1v) is 4.07. The maximum atomic E-state index is 5.65. The fourth-order valence-corrected chi connectivity index (χ4v) is 0.426. The Bertz CT molecular complexity index is 204. The molecule has 11 heavy (non-hydrogen) atoms. The summed E-state index contributed by atoms with van der Waals surface area (Å²) in [6.45, 7) is 7.31. The number of hydrogen-bond donors (Lipinski definition) is 0. The Morgan fingerprint density at radius 2 is 2.09 bits per heavy atom. The van der Waals surface area contributed by atoms with Crippen molar-refractivity contribution in [1.29, 1.82) is 0 Å². The molecular weight excluding hydrogens is 181 g/mol. The van der Waals surface area contributed by atoms with Gasteiger partial charge in [-0.2, -0.15) is 0 Å². The van der Waals surface area contributed by atoms with Gasteiger partial charge >= 0.3 is 0 Å². The minimum absolute atomic E-state index is 0.495. The summed E-state index contributed by atoms with van der Waals surface area (Å²) in [5.74, 6) is 0. The van der Waals surface area contributed by atoms with E-state index in [9.17, 15) is 0 Å². The zero-order valence-corrected chi connectivity index (χ0v) is 8.21. The molecule has 0 radical (unpaired) electrons. The molecule has 0 heterocycles. The van der Waals surface area contributed by atoms with Crippen molar-refractivity contribution in [2.75, 3.05) is 0 Å². The maximum Gasteiger partial charge on any atom is 0.105 e. The second-order valence-corrected chi connectivity index (χ2v) is 2.97. The fraction of sp³-hybridized carbons (Fsp3) is 0.375. The summed E-state index contributed by atoms with van der Waals surface area (Å²) < 4.78 is 0. The van der Waals surface area contributed by atoms with E-state index in [2.05, 4.69) is 11.6 Å². The highest BCUT2D eigenvalue weighted by atomic mass is 35.5. The molecule has 0 aliphatic rings. The van der Waals surface area contributed by atoms with Gasteiger partial charge < -0.3 is 0 Å². The van der Waals surface area contributed by atoms with Crippen LogP contribution in [0.2, 0.25) is 0 Å². The Hall–Kier alpha value is -0.270. The molecule has 0 amide bonds. The van der Waals surface area contributed by atoms with Crippen molar-refractivity contribution in [1.82, 2.24) is 0 Å². The van der Waals surface area contributed by atoms with Crippen LogP contribution in [0.3, 0.4) is 0 Å². The molecule has 0 rings (SSSR count). The van der Waals surface area contributed by atoms with E-state index in [1.54, 1.807) is 6.20 Å². The van der Waals surface area contributed by atoms with Gasteiger partial charge in [-0.05, 0) is 18.9 Å². The molecule has 0 unspecified atom stereocenters. The van der Waals surface area contributed by atoms with Gasteiger partial charge in [0.1, 0.15) is 5.17 Å². The topological polar surface area (TPSA) is 12.4 Å². The molecule has 0 saturated carbocycles. The normalized spacial score (nSPS) is 13.5. The monoisotopic (exact) mass is 191 g/mol. The highest BCUT2D eigenvalue weighted by Crippen LogP contribution is 2.10. The van der Waals surface area contributed by atoms with Gasteiger partial charge in [0.05, 0.1) is 0 Å². The molecule has 0 aromatic rings. The molecule has 62 valence electrons. The first-order valence-electron chi connectivity index (χ1n) is 3.31. The number of hydrogen-bond acceptors (Lipinski definition) is 1. The Labute approximate surface area is 77.4 Å². The van der Waals surface area contributed by atoms with Crippen LogP contribution in [-0.2, 0) is 0 Å². The zero-order chi connectivity index (χ0) is 8.85. The Morgan fingerprint density at radius 1 is 1.55 bits per heavy atom. The third-order valence-corrected chi connectivity index (χ3v) is 1.78. The third-order valence-electron chi connectivity index (χ3n) is 1.12. The Kier molecular flexibility index (Phi) is 5.26. The molecule has 0 N–H and O–H groups in total. The van der Waals surface area contributed by atoms with E-state index in [-0.39, 0.29) is 0 Å². The van der Waals surface area contributed by atoms with Crippen LogP contribution >= 0.6 is 23.2 Å². The number of allylic oxidation sites excluding steroid dienone is 2. The van der Waals surface area contributed by atoms with Gasteiger partial charge in [-0.25, -0.2) is 4.99 Å². The van der Waals surface area contributed by atoms with Crippen LogP contribution in [0, 0.1) is 0 Å². The third kappa shape index (κ3) is 5.05. The van der Waals surface area contributed by atoms with E-state index in [1.807, 2.05) is 13.8 Å². The molecule has 0 bridgehead atoms. The van der Waals surface area contributed by atoms with Crippen molar-refractivity contribution >= 4 is 28.4 Å². The summed E-state index contributed by atoms with van der Waals surface area (Å²) in [6.07, 6.45) is 2.35. The van der Waals surface area contributed by atoms with Crippen LogP contribution in [0.1, 0.15) is 20.3 Å². The second-order valence-electron chi connectivity index (χ2n) is 2.08. The Balaban J connectivity index is 4.22. The molecule has 0 saturated heterocycles. The molecule has 0 fully saturated rings. The first-order chi connectivity index (χ1) is 5.07. The van der Waals surface area contributed by atoms with Crippen LogP contribution in [0.4, 0.5) is 0 Å². The van der Waals surface area contributed by atoms with E-state index >= 15 is 0 Å². The lowest BCUT2D eigenvalue weighted by atomic mass is 10.3. The number of aliphatic imine (C=N–C) groups is 1. The van der Waals surface area contributed by atoms with Crippen LogP contribution < -0.4 is 0 Å². The van der Waals surface area contributed by atoms with Gasteiger partial charge in [-0.3, -0.25) is 0 Å². The van der Waals surface area contributed by atoms with Gasteiger partial charge in [0, 0.05) is 11.2 Å². The molecule has 0 aliphatic heterocycles. The summed E-state index contributed by atoms with van der Waals surface area (Å²) in [4.78, 5) is 3.94. The van der Waals surface area contributed by atoms with E-state index < -0.39 is 0 Å². The first kappa shape index (κ1) is 10.7. The smallest absolute Gasteiger partial charge is 0.105 e. The number of nitrogens with zero attached hydrogens (tertiary/aromatic N) is 1. The summed E-state index contributed by atoms with van der Waals surface area (Å²) in [7, 11) is 0. The number of rotatable bonds is 3. The molecular formula is C8H11Cl2N. The highest BCUT2D eigenvalue weighted by Gasteiger charge is 1.90. The lowest BCUT2D eigenvalue weighted by molar-refractivity contribution is 1.29. The molecule has 1 nitrogen and oxygen atoms in total. The maximum absolute atomic E-state index is 5.65. The van der Waals surface area contributed by atoms with Gasteiger partial charge in [0.25, 0.3) is 0 Å². The van der Waals surface area contributed by atoms with Gasteiger partial charge in [-0.1, -0.05) is 36.7 Å². The van der Waals surface area contributed by atoms with Crippen LogP contribution in [0.5, 0.6) is 0 Å². The average Bonchev–Trinajstić information content (AvgIpc) is 1.99. The molecule has 3 heteroatoms. The average molecular weight is 192 g/mol. The van der Waals surface area contributed by atoms with Crippen molar-refractivity contribution in [3.63, 3.8) is 0 Å². The second kappa shape index (κ2) is 5.39. The SMILES string of the molecule is C=C(Cl)/C(C)=C\N=C(Cl)CC. The van der Waals surface area contributed by atoms with E-state index in [0.29, 0.717) is 10.2 Å². The van der Waals surface area contributed by atoms with Gasteiger partial charge in [-0.15, -0.1) is 0 Å². The summed E-state index contributed by atoms with van der Waals surface area (Å²) in [5.41, 5.74) is 0.832. The Morgan fingerprint density at radius 3 is 2.45 bits per heavy atom. The van der Waals surface area contributed by atoms with E-state index in [1.165, 1.54) is 0 Å². The quantitative estimate of drug-likeness (QED) is 0.477. The molecule has 0 spiro atoms. The minimum Gasteiger partial charge on any atom is -0.249 e. The van der Waals surface area contributed by atoms with Crippen LogP contribution in [-0.4, -0.2) is 5.17 Å². The van der Waals surface area contributed by atoms with Crippen molar-refractivity contribution in [3.05, 3.63) is 23.4 Å². The van der Waals surface area contributed by atoms with Gasteiger partial charge in [0.2, 0.25) is 0 Å². The molecule has 0 aromatic heterocycles. The van der Waals surface area contributed by atoms with E-state index in [0.717, 1.165) is 12.0 Å². The zero-order valence-electron chi connectivity index (χ0n) is 6.69. The van der Waals surface area contributed by atoms with Crippen molar-refractivity contribution in [3.8, 4) is 0 Å². The molecule has 0 atom stereocenters. The predicted octanol–water partition coefficient (Wildman–Crippen LogP) is 3.69. The van der Waals surface area contributed by atoms with Gasteiger partial charge in [0.15, 0.2) is 0 Å². The number of halogens is 2. The standard InChI is InChI=1S/C8H11Cl2N/c1-4-8(10)11-5-6(2)7(3)9/h5H,3-4H2,1-2H3/b6-5-,11-8?. The fourth-order valence-electron chi connectivity index (χ4n) is 0.328. The predicted molar refractivity (Wildman–Crippen MR) is 52.3 cm³/mol. The van der Waals surface area contributed by atoms with E-state index in [4.69, 9.17) is 23.2 Å². The van der Waals surface area contributed by atoms with Crippen molar-refractivity contribution in [2.24, 2.45) is 4.99 Å². The lowest BCUT2D eigenvalue weighted by Gasteiger charge is -1.92. The summed E-state index contributed by atoms with van der Waals surface area (Å²) in [6, 6.07) is 0. The summed E-state index contributed by atoms with van der Waals surface area (Å²) in [5, 5.41) is 1.07. The lowest BCUT2D eigenvalue weighted by Crippen LogP contribution is -1.80. The summed E-state index contributed by atoms with van der Waals surface area (Å²) >= 11 is 11.2. The highest BCUT2D eigenvalue weighted by molar-refractivity contribution is 6.65. The largest absolute Gasteiger partial charge is 0.249 e. The molecule has 0 aliphatic carbocycles. The van der Waals surface area contributed by atoms with Crippen molar-refractivity contribution in [2.45, 2.75) is 20.3 Å².